The molecule has 0 aliphatic carbocycles. The highest BCUT2D eigenvalue weighted by Gasteiger charge is 2.50. The average molecular weight is 418 g/mol. The molecular formula is C18H16BrN3O4. The molecule has 1 saturated heterocycles. The van der Waals surface area contributed by atoms with E-state index >= 15 is 0 Å². The van der Waals surface area contributed by atoms with Gasteiger partial charge in [-0.3, -0.25) is 15.0 Å². The number of rotatable bonds is 2. The molecule has 2 heterocycles. The minimum Gasteiger partial charge on any atom is -0.467 e. The maximum absolute atomic E-state index is 12.8. The number of non-ortho nitro benzene ring substituents is 1. The molecule has 2 aromatic rings. The van der Waals surface area contributed by atoms with Crippen molar-refractivity contribution in [2.24, 2.45) is 0 Å². The highest BCUT2D eigenvalue weighted by atomic mass is 79.9. The van der Waals surface area contributed by atoms with Crippen molar-refractivity contribution in [1.29, 1.82) is 0 Å². The zero-order valence-corrected chi connectivity index (χ0v) is 15.7. The number of hydrogen-bond acceptors (Lipinski definition) is 4. The molecule has 2 bridgehead atoms. The van der Waals surface area contributed by atoms with Gasteiger partial charge in [-0.05, 0) is 43.7 Å². The summed E-state index contributed by atoms with van der Waals surface area (Å²) in [6.45, 7) is 3.82. The Labute approximate surface area is 158 Å². The van der Waals surface area contributed by atoms with Crippen molar-refractivity contribution in [3.63, 3.8) is 0 Å². The summed E-state index contributed by atoms with van der Waals surface area (Å²) in [4.78, 5) is 25.0. The predicted molar refractivity (Wildman–Crippen MR) is 99.4 cm³/mol. The van der Waals surface area contributed by atoms with Crippen LogP contribution in [0.2, 0.25) is 0 Å². The molecule has 1 fully saturated rings. The lowest BCUT2D eigenvalue weighted by Gasteiger charge is -2.50. The van der Waals surface area contributed by atoms with Crippen LogP contribution in [0.4, 0.5) is 16.2 Å². The van der Waals surface area contributed by atoms with Gasteiger partial charge in [0.25, 0.3) is 5.69 Å². The minimum absolute atomic E-state index is 0.0174. The summed E-state index contributed by atoms with van der Waals surface area (Å²) < 4.78 is 7.13. The average Bonchev–Trinajstić information content (AvgIpc) is 2.57. The van der Waals surface area contributed by atoms with Gasteiger partial charge in [0.2, 0.25) is 0 Å². The highest BCUT2D eigenvalue weighted by Crippen LogP contribution is 2.46. The number of nitrogens with zero attached hydrogens (tertiary/aromatic N) is 2. The third-order valence-corrected chi connectivity index (χ3v) is 5.76. The molecule has 26 heavy (non-hydrogen) atoms. The van der Waals surface area contributed by atoms with E-state index in [0.29, 0.717) is 17.7 Å². The van der Waals surface area contributed by atoms with E-state index in [1.165, 1.54) is 12.1 Å². The Kier molecular flexibility index (Phi) is 3.69. The molecule has 0 aromatic heterocycles. The molecule has 0 saturated carbocycles. The first kappa shape index (κ1) is 16.8. The van der Waals surface area contributed by atoms with Crippen LogP contribution in [0, 0.1) is 17.0 Å². The molecule has 0 radical (unpaired) electrons. The topological polar surface area (TPSA) is 84.7 Å². The number of anilines is 1. The Balaban J connectivity index is 1.78. The van der Waals surface area contributed by atoms with E-state index in [0.717, 1.165) is 15.7 Å². The summed E-state index contributed by atoms with van der Waals surface area (Å²) in [7, 11) is 0. The van der Waals surface area contributed by atoms with Crippen LogP contribution in [0.15, 0.2) is 40.9 Å². The standard InChI is InChI=1S/C18H16BrN3O4/c1-10-7-11(3-5-14(10)19)21-17(23)20-15-9-18(21,2)26-16-6-4-12(22(24)25)8-13(15)16/h3-8,15H,9H2,1-2H3,(H,20,23)/t15-,18+/m0/s1. The predicted octanol–water partition coefficient (Wildman–Crippen LogP) is 4.44. The molecule has 0 unspecified atom stereocenters. The Hall–Kier alpha value is -2.61. The van der Waals surface area contributed by atoms with E-state index in [2.05, 4.69) is 21.2 Å². The van der Waals surface area contributed by atoms with Crippen molar-refractivity contribution in [2.45, 2.75) is 32.0 Å². The van der Waals surface area contributed by atoms with Crippen molar-refractivity contribution in [1.82, 2.24) is 5.32 Å². The maximum Gasteiger partial charge on any atom is 0.325 e. The largest absolute Gasteiger partial charge is 0.467 e. The maximum atomic E-state index is 12.8. The third kappa shape index (κ3) is 2.52. The van der Waals surface area contributed by atoms with Crippen LogP contribution in [0.25, 0.3) is 0 Å². The number of benzene rings is 2. The normalized spacial score (nSPS) is 23.7. The molecule has 2 aromatic carbocycles. The first-order valence-electron chi connectivity index (χ1n) is 8.13. The van der Waals surface area contributed by atoms with Gasteiger partial charge in [0.1, 0.15) is 5.75 Å². The van der Waals surface area contributed by atoms with Gasteiger partial charge in [0.15, 0.2) is 5.72 Å². The number of nitro benzene ring substituents is 1. The van der Waals surface area contributed by atoms with Crippen molar-refractivity contribution >= 4 is 33.3 Å². The molecule has 8 heteroatoms. The molecule has 7 nitrogen and oxygen atoms in total. The van der Waals surface area contributed by atoms with Gasteiger partial charge < -0.3 is 10.1 Å². The van der Waals surface area contributed by atoms with Gasteiger partial charge in [-0.2, -0.15) is 0 Å². The van der Waals surface area contributed by atoms with Gasteiger partial charge in [-0.1, -0.05) is 15.9 Å². The Morgan fingerprint density at radius 2 is 2.12 bits per heavy atom. The summed E-state index contributed by atoms with van der Waals surface area (Å²) >= 11 is 3.47. The zero-order valence-electron chi connectivity index (χ0n) is 14.2. The number of amides is 2. The Morgan fingerprint density at radius 3 is 2.81 bits per heavy atom. The summed E-state index contributed by atoms with van der Waals surface area (Å²) in [5.41, 5.74) is 1.48. The number of carbonyl (C=O) groups is 1. The third-order valence-electron chi connectivity index (χ3n) is 4.87. The number of halogens is 1. The first-order chi connectivity index (χ1) is 12.3. The number of carbonyl (C=O) groups excluding carboxylic acids is 1. The van der Waals surface area contributed by atoms with E-state index in [4.69, 9.17) is 4.74 Å². The van der Waals surface area contributed by atoms with Crippen molar-refractivity contribution in [3.8, 4) is 5.75 Å². The summed E-state index contributed by atoms with van der Waals surface area (Å²) in [5, 5.41) is 14.0. The number of nitrogens with one attached hydrogen (secondary N) is 1. The van der Waals surface area contributed by atoms with Crippen LogP contribution in [-0.2, 0) is 0 Å². The van der Waals surface area contributed by atoms with Crippen LogP contribution < -0.4 is 15.0 Å². The van der Waals surface area contributed by atoms with Gasteiger partial charge >= 0.3 is 6.03 Å². The van der Waals surface area contributed by atoms with Gasteiger partial charge in [-0.15, -0.1) is 0 Å². The number of nitro groups is 1. The van der Waals surface area contributed by atoms with Crippen LogP contribution in [0.1, 0.15) is 30.5 Å². The van der Waals surface area contributed by atoms with Gasteiger partial charge in [0, 0.05) is 34.3 Å². The number of aryl methyl sites for hydroxylation is 1. The van der Waals surface area contributed by atoms with E-state index in [9.17, 15) is 14.9 Å². The SMILES string of the molecule is Cc1cc(N2C(=O)N[C@H]3C[C@@]2(C)Oc2ccc([N+](=O)[O-])cc23)ccc1Br. The number of fused-ring (bicyclic) bond motifs is 4. The molecule has 0 spiro atoms. The van der Waals surface area contributed by atoms with Crippen molar-refractivity contribution < 1.29 is 14.5 Å². The summed E-state index contributed by atoms with van der Waals surface area (Å²) in [5.74, 6) is 0.549. The lowest BCUT2D eigenvalue weighted by molar-refractivity contribution is -0.385. The fourth-order valence-corrected chi connectivity index (χ4v) is 3.88. The first-order valence-corrected chi connectivity index (χ1v) is 8.92. The van der Waals surface area contributed by atoms with E-state index in [-0.39, 0.29) is 17.8 Å². The second kappa shape index (κ2) is 5.70. The Bertz CT molecular complexity index is 948. The monoisotopic (exact) mass is 417 g/mol. The van der Waals surface area contributed by atoms with Crippen LogP contribution >= 0.6 is 15.9 Å². The minimum atomic E-state index is -0.879. The van der Waals surface area contributed by atoms with Crippen LogP contribution in [-0.4, -0.2) is 16.7 Å². The van der Waals surface area contributed by atoms with Crippen LogP contribution in [0.3, 0.4) is 0 Å². The fourth-order valence-electron chi connectivity index (χ4n) is 3.63. The molecule has 2 atom stereocenters. The number of hydrogen-bond donors (Lipinski definition) is 1. The van der Waals surface area contributed by atoms with E-state index in [1.54, 1.807) is 11.0 Å². The second-order valence-electron chi connectivity index (χ2n) is 6.73. The Morgan fingerprint density at radius 1 is 1.35 bits per heavy atom. The van der Waals surface area contributed by atoms with Gasteiger partial charge in [-0.25, -0.2) is 4.79 Å². The van der Waals surface area contributed by atoms with E-state index in [1.807, 2.05) is 32.0 Å². The smallest absolute Gasteiger partial charge is 0.325 e. The molecule has 2 amide bonds. The highest BCUT2D eigenvalue weighted by molar-refractivity contribution is 9.10. The quantitative estimate of drug-likeness (QED) is 0.578. The summed E-state index contributed by atoms with van der Waals surface area (Å²) in [6, 6.07) is 9.54. The lowest BCUT2D eigenvalue weighted by atomic mass is 9.90. The second-order valence-corrected chi connectivity index (χ2v) is 7.59. The zero-order chi connectivity index (χ0) is 18.6. The molecule has 1 N–H and O–H groups in total. The van der Waals surface area contributed by atoms with Crippen molar-refractivity contribution in [2.75, 3.05) is 4.90 Å². The molecule has 134 valence electrons. The van der Waals surface area contributed by atoms with Crippen molar-refractivity contribution in [3.05, 3.63) is 62.1 Å². The molecular weight excluding hydrogens is 402 g/mol. The molecule has 2 aliphatic heterocycles. The number of ether oxygens (including phenoxy) is 1. The van der Waals surface area contributed by atoms with Gasteiger partial charge in [0.05, 0.1) is 11.0 Å². The lowest BCUT2D eigenvalue weighted by Crippen LogP contribution is -2.65. The van der Waals surface area contributed by atoms with E-state index < -0.39 is 10.6 Å². The fraction of sp³-hybridized carbons (Fsp3) is 0.278. The summed E-state index contributed by atoms with van der Waals surface area (Å²) in [6.07, 6.45) is 0.488. The molecule has 2 aliphatic rings. The van der Waals surface area contributed by atoms with Crippen LogP contribution in [0.5, 0.6) is 5.75 Å². The number of urea groups is 1. The molecule has 4 rings (SSSR count).